The average molecular weight is 352 g/mol. The van der Waals surface area contributed by atoms with E-state index in [4.69, 9.17) is 4.74 Å². The van der Waals surface area contributed by atoms with E-state index in [1.807, 2.05) is 0 Å². The van der Waals surface area contributed by atoms with Gasteiger partial charge in [0.15, 0.2) is 0 Å². The first kappa shape index (κ1) is 14.9. The first-order chi connectivity index (χ1) is 8.91. The number of benzene rings is 1. The van der Waals surface area contributed by atoms with Gasteiger partial charge in [0.25, 0.3) is 0 Å². The molecule has 2 rings (SSSR count). The molecule has 4 nitrogen and oxygen atoms in total. The van der Waals surface area contributed by atoms with Crippen LogP contribution in [0.3, 0.4) is 0 Å². The molecule has 1 aliphatic rings. The predicted octanol–water partition coefficient (Wildman–Crippen LogP) is 2.39. The van der Waals surface area contributed by atoms with Gasteiger partial charge >= 0.3 is 0 Å². The van der Waals surface area contributed by atoms with Gasteiger partial charge in [-0.3, -0.25) is 0 Å². The van der Waals surface area contributed by atoms with Crippen LogP contribution in [-0.2, 0) is 14.8 Å². The van der Waals surface area contributed by atoms with Crippen molar-refractivity contribution in [1.29, 1.82) is 0 Å². The van der Waals surface area contributed by atoms with Crippen molar-refractivity contribution in [1.82, 2.24) is 4.31 Å². The minimum atomic E-state index is -3.67. The van der Waals surface area contributed by atoms with E-state index in [0.717, 1.165) is 18.9 Å². The van der Waals surface area contributed by atoms with Crippen LogP contribution < -0.4 is 0 Å². The average Bonchev–Trinajstić information content (AvgIpc) is 2.85. The summed E-state index contributed by atoms with van der Waals surface area (Å²) >= 11 is 3.00. The van der Waals surface area contributed by atoms with Gasteiger partial charge in [-0.15, -0.1) is 0 Å². The highest BCUT2D eigenvalue weighted by Crippen LogP contribution is 2.22. The molecule has 0 spiro atoms. The molecule has 1 aromatic rings. The molecule has 7 heteroatoms. The maximum atomic E-state index is 13.4. The zero-order valence-electron chi connectivity index (χ0n) is 10.5. The number of nitrogens with zero attached hydrogens (tertiary/aromatic N) is 1. The summed E-state index contributed by atoms with van der Waals surface area (Å²) in [6.45, 7) is 0.964. The third-order valence-electron chi connectivity index (χ3n) is 3.08. The van der Waals surface area contributed by atoms with Gasteiger partial charge in [0.2, 0.25) is 10.0 Å². The molecule has 1 heterocycles. The van der Waals surface area contributed by atoms with Crippen LogP contribution in [0.4, 0.5) is 4.39 Å². The van der Waals surface area contributed by atoms with E-state index in [9.17, 15) is 12.8 Å². The number of halogens is 2. The minimum Gasteiger partial charge on any atom is -0.377 e. The predicted molar refractivity (Wildman–Crippen MR) is 72.9 cm³/mol. The molecule has 1 atom stereocenters. The summed E-state index contributed by atoms with van der Waals surface area (Å²) < 4.78 is 44.8. The summed E-state index contributed by atoms with van der Waals surface area (Å²) in [6, 6.07) is 3.79. The van der Waals surface area contributed by atoms with Crippen LogP contribution in [0.1, 0.15) is 12.8 Å². The van der Waals surface area contributed by atoms with E-state index in [2.05, 4.69) is 15.9 Å². The number of sulfonamides is 1. The Labute approximate surface area is 120 Å². The fraction of sp³-hybridized carbons (Fsp3) is 0.500. The number of hydrogen-bond acceptors (Lipinski definition) is 3. The Kier molecular flexibility index (Phi) is 4.60. The van der Waals surface area contributed by atoms with Crippen molar-refractivity contribution in [3.63, 3.8) is 0 Å². The first-order valence-electron chi connectivity index (χ1n) is 5.94. The number of likely N-dealkylation sites (N-methyl/N-ethyl adjacent to an activating group) is 1. The SMILES string of the molecule is CN(CC1CCCO1)S(=O)(=O)c1ccc(Br)c(F)c1. The zero-order chi connectivity index (χ0) is 14.0. The highest BCUT2D eigenvalue weighted by Gasteiger charge is 2.26. The normalized spacial score (nSPS) is 20.1. The van der Waals surface area contributed by atoms with Crippen LogP contribution in [0.15, 0.2) is 27.6 Å². The van der Waals surface area contributed by atoms with Gasteiger partial charge in [-0.2, -0.15) is 4.31 Å². The Bertz CT molecular complexity index is 558. The fourth-order valence-electron chi connectivity index (χ4n) is 1.99. The lowest BCUT2D eigenvalue weighted by molar-refractivity contribution is 0.0979. The Morgan fingerprint density at radius 2 is 2.26 bits per heavy atom. The summed E-state index contributed by atoms with van der Waals surface area (Å²) in [5, 5.41) is 0. The van der Waals surface area contributed by atoms with Crippen molar-refractivity contribution in [2.75, 3.05) is 20.2 Å². The van der Waals surface area contributed by atoms with Crippen molar-refractivity contribution >= 4 is 26.0 Å². The van der Waals surface area contributed by atoms with E-state index in [1.54, 1.807) is 0 Å². The van der Waals surface area contributed by atoms with Crippen molar-refractivity contribution in [2.24, 2.45) is 0 Å². The second kappa shape index (κ2) is 5.87. The fourth-order valence-corrected chi connectivity index (χ4v) is 3.45. The molecule has 0 aromatic heterocycles. The number of ether oxygens (including phenoxy) is 1. The van der Waals surface area contributed by atoms with Crippen LogP contribution >= 0.6 is 15.9 Å². The number of rotatable bonds is 4. The van der Waals surface area contributed by atoms with Crippen LogP contribution in [0.25, 0.3) is 0 Å². The van der Waals surface area contributed by atoms with Crippen LogP contribution in [0.2, 0.25) is 0 Å². The summed E-state index contributed by atoms with van der Waals surface area (Å²) in [6.07, 6.45) is 1.74. The second-order valence-electron chi connectivity index (χ2n) is 4.50. The maximum absolute atomic E-state index is 13.4. The van der Waals surface area contributed by atoms with E-state index in [0.29, 0.717) is 13.2 Å². The van der Waals surface area contributed by atoms with Gasteiger partial charge in [0.05, 0.1) is 15.5 Å². The van der Waals surface area contributed by atoms with Gasteiger partial charge in [-0.1, -0.05) is 0 Å². The first-order valence-corrected chi connectivity index (χ1v) is 8.17. The van der Waals surface area contributed by atoms with Gasteiger partial charge in [-0.05, 0) is 47.0 Å². The minimum absolute atomic E-state index is 0.0475. The molecule has 106 valence electrons. The van der Waals surface area contributed by atoms with E-state index in [1.165, 1.54) is 23.5 Å². The third-order valence-corrected chi connectivity index (χ3v) is 5.55. The molecule has 19 heavy (non-hydrogen) atoms. The molecule has 1 saturated heterocycles. The van der Waals surface area contributed by atoms with E-state index >= 15 is 0 Å². The third kappa shape index (κ3) is 3.34. The quantitative estimate of drug-likeness (QED) is 0.836. The Morgan fingerprint density at radius 1 is 1.53 bits per heavy atom. The van der Waals surface area contributed by atoms with Gasteiger partial charge in [0, 0.05) is 20.2 Å². The molecule has 1 fully saturated rings. The molecular formula is C12H15BrFNO3S. The topological polar surface area (TPSA) is 46.6 Å². The molecule has 1 aromatic carbocycles. The molecule has 1 unspecified atom stereocenters. The summed E-state index contributed by atoms with van der Waals surface area (Å²) in [4.78, 5) is -0.0475. The summed E-state index contributed by atoms with van der Waals surface area (Å²) in [5.41, 5.74) is 0. The molecule has 1 aliphatic heterocycles. The van der Waals surface area contributed by atoms with Gasteiger partial charge < -0.3 is 4.74 Å². The van der Waals surface area contributed by atoms with Crippen LogP contribution in [0, 0.1) is 5.82 Å². The molecule has 0 bridgehead atoms. The number of hydrogen-bond donors (Lipinski definition) is 0. The van der Waals surface area contributed by atoms with Crippen molar-refractivity contribution in [2.45, 2.75) is 23.8 Å². The Morgan fingerprint density at radius 3 is 2.84 bits per heavy atom. The van der Waals surface area contributed by atoms with Crippen molar-refractivity contribution < 1.29 is 17.5 Å². The van der Waals surface area contributed by atoms with E-state index in [-0.39, 0.29) is 15.5 Å². The lowest BCUT2D eigenvalue weighted by atomic mass is 10.2. The van der Waals surface area contributed by atoms with E-state index < -0.39 is 15.8 Å². The Hall–Kier alpha value is -0.500. The van der Waals surface area contributed by atoms with Crippen molar-refractivity contribution in [3.8, 4) is 0 Å². The highest BCUT2D eigenvalue weighted by molar-refractivity contribution is 9.10. The largest absolute Gasteiger partial charge is 0.377 e. The highest BCUT2D eigenvalue weighted by atomic mass is 79.9. The van der Waals surface area contributed by atoms with Gasteiger partial charge in [0.1, 0.15) is 5.82 Å². The molecular weight excluding hydrogens is 337 g/mol. The summed E-state index contributed by atoms with van der Waals surface area (Å²) in [5.74, 6) is -0.591. The van der Waals surface area contributed by atoms with Gasteiger partial charge in [-0.25, -0.2) is 12.8 Å². The molecule has 0 aliphatic carbocycles. The lowest BCUT2D eigenvalue weighted by Gasteiger charge is -2.20. The smallest absolute Gasteiger partial charge is 0.243 e. The maximum Gasteiger partial charge on any atom is 0.243 e. The van der Waals surface area contributed by atoms with Crippen molar-refractivity contribution in [3.05, 3.63) is 28.5 Å². The Balaban J connectivity index is 2.18. The van der Waals surface area contributed by atoms with Crippen LogP contribution in [-0.4, -0.2) is 39.0 Å². The molecule has 0 radical (unpaired) electrons. The standard InChI is InChI=1S/C12H15BrFNO3S/c1-15(8-9-3-2-6-18-9)19(16,17)10-4-5-11(13)12(14)7-10/h4-5,7,9H,2-3,6,8H2,1H3. The lowest BCUT2D eigenvalue weighted by Crippen LogP contribution is -2.34. The monoisotopic (exact) mass is 351 g/mol. The molecule has 0 N–H and O–H groups in total. The zero-order valence-corrected chi connectivity index (χ0v) is 12.9. The van der Waals surface area contributed by atoms with Crippen LogP contribution in [0.5, 0.6) is 0 Å². The molecule has 0 saturated carbocycles. The second-order valence-corrected chi connectivity index (χ2v) is 7.40. The summed E-state index contributed by atoms with van der Waals surface area (Å²) in [7, 11) is -2.19. The molecule has 0 amide bonds.